The molecule has 0 bridgehead atoms. The van der Waals surface area contributed by atoms with Crippen molar-refractivity contribution in [1.82, 2.24) is 5.32 Å². The van der Waals surface area contributed by atoms with E-state index in [-0.39, 0.29) is 0 Å². The molecule has 3 heteroatoms. The molecule has 0 heterocycles. The summed E-state index contributed by atoms with van der Waals surface area (Å²) in [7, 11) is 1.68. The average Bonchev–Trinajstić information content (AvgIpc) is 2.39. The molecule has 106 valence electrons. The van der Waals surface area contributed by atoms with Crippen LogP contribution in [-0.4, -0.2) is 26.3 Å². The van der Waals surface area contributed by atoms with Gasteiger partial charge in [0.25, 0.3) is 0 Å². The fraction of sp³-hybridized carbons (Fsp3) is 0.500. The van der Waals surface area contributed by atoms with E-state index in [4.69, 9.17) is 9.47 Å². The molecule has 1 N–H and O–H groups in total. The molecule has 3 nitrogen and oxygen atoms in total. The number of likely N-dealkylation sites (N-methyl/N-ethyl adjacent to an activating group) is 1. The van der Waals surface area contributed by atoms with Gasteiger partial charge >= 0.3 is 0 Å². The summed E-state index contributed by atoms with van der Waals surface area (Å²) in [6, 6.07) is 6.32. The van der Waals surface area contributed by atoms with Gasteiger partial charge in [0.15, 0.2) is 11.5 Å². The summed E-state index contributed by atoms with van der Waals surface area (Å²) in [5, 5.41) is 3.40. The Kier molecular flexibility index (Phi) is 6.43. The molecule has 0 aliphatic carbocycles. The Morgan fingerprint density at radius 2 is 2.11 bits per heavy atom. The SMILES string of the molecule is CCNC(C)/C(C)=C/c1cccc(OCC)c1OC. The first kappa shape index (κ1) is 15.6. The van der Waals surface area contributed by atoms with Crippen molar-refractivity contribution in [2.45, 2.75) is 33.7 Å². The fourth-order valence-electron chi connectivity index (χ4n) is 1.97. The first-order valence-corrected chi connectivity index (χ1v) is 6.85. The third-order valence-corrected chi connectivity index (χ3v) is 3.09. The van der Waals surface area contributed by atoms with Crippen LogP contribution in [0.2, 0.25) is 0 Å². The van der Waals surface area contributed by atoms with E-state index in [0.717, 1.165) is 23.6 Å². The highest BCUT2D eigenvalue weighted by Crippen LogP contribution is 2.32. The molecule has 0 saturated heterocycles. The van der Waals surface area contributed by atoms with Crippen LogP contribution in [0.3, 0.4) is 0 Å². The molecule has 1 aromatic carbocycles. The molecule has 19 heavy (non-hydrogen) atoms. The van der Waals surface area contributed by atoms with Crippen molar-refractivity contribution in [2.24, 2.45) is 0 Å². The molecule has 1 unspecified atom stereocenters. The Labute approximate surface area is 116 Å². The van der Waals surface area contributed by atoms with Gasteiger partial charge in [0.1, 0.15) is 0 Å². The number of methoxy groups -OCH3 is 1. The highest BCUT2D eigenvalue weighted by molar-refractivity contribution is 5.64. The van der Waals surface area contributed by atoms with E-state index in [1.165, 1.54) is 5.57 Å². The van der Waals surface area contributed by atoms with Crippen LogP contribution in [0.1, 0.15) is 33.3 Å². The van der Waals surface area contributed by atoms with E-state index < -0.39 is 0 Å². The molecule has 0 spiro atoms. The van der Waals surface area contributed by atoms with Crippen molar-refractivity contribution in [1.29, 1.82) is 0 Å². The lowest BCUT2D eigenvalue weighted by atomic mass is 10.1. The van der Waals surface area contributed by atoms with E-state index in [2.05, 4.69) is 32.2 Å². The van der Waals surface area contributed by atoms with Crippen molar-refractivity contribution >= 4 is 6.08 Å². The molecule has 1 rings (SSSR count). The molecule has 0 amide bonds. The molecule has 1 aromatic rings. The fourth-order valence-corrected chi connectivity index (χ4v) is 1.97. The van der Waals surface area contributed by atoms with Crippen molar-refractivity contribution in [3.05, 3.63) is 29.3 Å². The normalized spacial score (nSPS) is 13.2. The highest BCUT2D eigenvalue weighted by atomic mass is 16.5. The van der Waals surface area contributed by atoms with E-state index in [0.29, 0.717) is 12.6 Å². The van der Waals surface area contributed by atoms with E-state index in [9.17, 15) is 0 Å². The molecule has 0 aromatic heterocycles. The van der Waals surface area contributed by atoms with Crippen molar-refractivity contribution in [2.75, 3.05) is 20.3 Å². The molecule has 0 aliphatic rings. The smallest absolute Gasteiger partial charge is 0.167 e. The van der Waals surface area contributed by atoms with Crippen LogP contribution in [0, 0.1) is 0 Å². The van der Waals surface area contributed by atoms with Crippen LogP contribution in [0.25, 0.3) is 6.08 Å². The molecule has 0 fully saturated rings. The number of nitrogens with one attached hydrogen (secondary N) is 1. The van der Waals surface area contributed by atoms with E-state index in [1.54, 1.807) is 7.11 Å². The number of benzene rings is 1. The number of rotatable bonds is 7. The Balaban J connectivity index is 3.06. The summed E-state index contributed by atoms with van der Waals surface area (Å²) >= 11 is 0. The largest absolute Gasteiger partial charge is 0.492 e. The maximum absolute atomic E-state index is 5.59. The summed E-state index contributed by atoms with van der Waals surface area (Å²) in [6.45, 7) is 9.97. The predicted molar refractivity (Wildman–Crippen MR) is 81.0 cm³/mol. The van der Waals surface area contributed by atoms with Gasteiger partial charge in [-0.3, -0.25) is 0 Å². The molecule has 1 atom stereocenters. The standard InChI is InChI=1S/C16H25NO2/c1-6-17-13(4)12(3)11-14-9-8-10-15(19-7-2)16(14)18-5/h8-11,13,17H,6-7H2,1-5H3/b12-11+. The summed E-state index contributed by atoms with van der Waals surface area (Å²) in [5.74, 6) is 1.59. The third-order valence-electron chi connectivity index (χ3n) is 3.09. The summed E-state index contributed by atoms with van der Waals surface area (Å²) < 4.78 is 11.1. The van der Waals surface area contributed by atoms with E-state index >= 15 is 0 Å². The van der Waals surface area contributed by atoms with Gasteiger partial charge in [0.2, 0.25) is 0 Å². The zero-order valence-corrected chi connectivity index (χ0v) is 12.6. The Morgan fingerprint density at radius 1 is 1.37 bits per heavy atom. The van der Waals surface area contributed by atoms with Crippen molar-refractivity contribution in [3.63, 3.8) is 0 Å². The first-order chi connectivity index (χ1) is 9.13. The second-order valence-corrected chi connectivity index (χ2v) is 4.48. The van der Waals surface area contributed by atoms with Gasteiger partial charge in [-0.25, -0.2) is 0 Å². The number of ether oxygens (including phenoxy) is 2. The third kappa shape index (κ3) is 4.28. The highest BCUT2D eigenvalue weighted by Gasteiger charge is 2.09. The van der Waals surface area contributed by atoms with Crippen LogP contribution >= 0.6 is 0 Å². The monoisotopic (exact) mass is 263 g/mol. The number of para-hydroxylation sites is 1. The first-order valence-electron chi connectivity index (χ1n) is 6.85. The predicted octanol–water partition coefficient (Wildman–Crippen LogP) is 3.50. The van der Waals surface area contributed by atoms with Crippen LogP contribution in [-0.2, 0) is 0 Å². The lowest BCUT2D eigenvalue weighted by Gasteiger charge is -2.15. The minimum atomic E-state index is 0.352. The van der Waals surface area contributed by atoms with Crippen molar-refractivity contribution in [3.8, 4) is 11.5 Å². The van der Waals surface area contributed by atoms with Gasteiger partial charge < -0.3 is 14.8 Å². The van der Waals surface area contributed by atoms with Crippen LogP contribution < -0.4 is 14.8 Å². The van der Waals surface area contributed by atoms with E-state index in [1.807, 2.05) is 25.1 Å². The zero-order chi connectivity index (χ0) is 14.3. The molecule has 0 radical (unpaired) electrons. The van der Waals surface area contributed by atoms with Crippen LogP contribution in [0.5, 0.6) is 11.5 Å². The zero-order valence-electron chi connectivity index (χ0n) is 12.6. The van der Waals surface area contributed by atoms with Gasteiger partial charge in [-0.2, -0.15) is 0 Å². The van der Waals surface area contributed by atoms with Gasteiger partial charge in [-0.05, 0) is 33.4 Å². The maximum atomic E-state index is 5.59. The Bertz CT molecular complexity index is 427. The lowest BCUT2D eigenvalue weighted by Crippen LogP contribution is -2.26. The quantitative estimate of drug-likeness (QED) is 0.816. The summed E-state index contributed by atoms with van der Waals surface area (Å²) in [4.78, 5) is 0. The molecule has 0 saturated carbocycles. The van der Waals surface area contributed by atoms with Crippen LogP contribution in [0.15, 0.2) is 23.8 Å². The Morgan fingerprint density at radius 3 is 2.68 bits per heavy atom. The van der Waals surface area contributed by atoms with Gasteiger partial charge in [0, 0.05) is 11.6 Å². The topological polar surface area (TPSA) is 30.5 Å². The second-order valence-electron chi connectivity index (χ2n) is 4.48. The van der Waals surface area contributed by atoms with Gasteiger partial charge in [-0.1, -0.05) is 30.7 Å². The van der Waals surface area contributed by atoms with Gasteiger partial charge in [0.05, 0.1) is 13.7 Å². The minimum Gasteiger partial charge on any atom is -0.492 e. The molecular weight excluding hydrogens is 238 g/mol. The number of hydrogen-bond acceptors (Lipinski definition) is 3. The Hall–Kier alpha value is -1.48. The summed E-state index contributed by atoms with van der Waals surface area (Å²) in [6.07, 6.45) is 2.15. The average molecular weight is 263 g/mol. The summed E-state index contributed by atoms with van der Waals surface area (Å²) in [5.41, 5.74) is 2.32. The van der Waals surface area contributed by atoms with Gasteiger partial charge in [-0.15, -0.1) is 0 Å². The van der Waals surface area contributed by atoms with Crippen molar-refractivity contribution < 1.29 is 9.47 Å². The lowest BCUT2D eigenvalue weighted by molar-refractivity contribution is 0.310. The van der Waals surface area contributed by atoms with Crippen LogP contribution in [0.4, 0.5) is 0 Å². The maximum Gasteiger partial charge on any atom is 0.167 e. The second kappa shape index (κ2) is 7.85. The molecular formula is C16H25NO2. The minimum absolute atomic E-state index is 0.352. The molecule has 0 aliphatic heterocycles. The number of hydrogen-bond donors (Lipinski definition) is 1.